The van der Waals surface area contributed by atoms with Gasteiger partial charge in [0.1, 0.15) is 29.8 Å². The van der Waals surface area contributed by atoms with Gasteiger partial charge >= 0.3 is 5.97 Å². The lowest BCUT2D eigenvalue weighted by molar-refractivity contribution is -0.134. The summed E-state index contributed by atoms with van der Waals surface area (Å²) in [4.78, 5) is 23.3. The van der Waals surface area contributed by atoms with Crippen molar-refractivity contribution in [2.45, 2.75) is 121 Å². The summed E-state index contributed by atoms with van der Waals surface area (Å²) < 4.78 is 10.7. The second-order valence-corrected chi connectivity index (χ2v) is 9.73. The highest BCUT2D eigenvalue weighted by Crippen LogP contribution is 2.21. The third kappa shape index (κ3) is 15.2. The molecule has 4 N–H and O–H groups in total. The lowest BCUT2D eigenvalue weighted by Crippen LogP contribution is -2.48. The van der Waals surface area contributed by atoms with Crippen LogP contribution in [0, 0.1) is 0 Å². The number of aliphatic hydroxyl groups excluding tert-OH is 4. The zero-order valence-corrected chi connectivity index (χ0v) is 22.9. The fourth-order valence-corrected chi connectivity index (χ4v) is 3.97. The molecular weight excluding hydrogens is 488 g/mol. The Kier molecular flexibility index (Phi) is 19.2. The lowest BCUT2D eigenvalue weighted by Gasteiger charge is -2.26. The Morgan fingerprint density at radius 1 is 0.789 bits per heavy atom. The smallest absolute Gasteiger partial charge is 0.311 e. The first-order valence-corrected chi connectivity index (χ1v) is 14.2. The molecule has 1 aromatic carbocycles. The summed E-state index contributed by atoms with van der Waals surface area (Å²) in [5.41, 5.74) is 0. The van der Waals surface area contributed by atoms with E-state index in [9.17, 15) is 24.9 Å². The molecule has 1 rings (SSSR count). The number of benzene rings is 1. The molecule has 0 aromatic heterocycles. The van der Waals surface area contributed by atoms with Crippen LogP contribution in [0.2, 0.25) is 0 Å². The van der Waals surface area contributed by atoms with E-state index in [-0.39, 0.29) is 11.7 Å². The lowest BCUT2D eigenvalue weighted by atomic mass is 10.0. The highest BCUT2D eigenvalue weighted by Gasteiger charge is 2.32. The summed E-state index contributed by atoms with van der Waals surface area (Å²) in [5, 5.41) is 38.0. The molecular formula is C30H48O8. The van der Waals surface area contributed by atoms with Crippen LogP contribution < -0.4 is 9.47 Å². The van der Waals surface area contributed by atoms with E-state index >= 15 is 0 Å². The Bertz CT molecular complexity index is 764. The molecule has 0 aliphatic carbocycles. The van der Waals surface area contributed by atoms with Crippen LogP contribution in [0.25, 0.3) is 0 Å². The molecule has 0 radical (unpaired) electrons. The number of allylic oxidation sites excluding steroid dienone is 2. The van der Waals surface area contributed by atoms with Crippen molar-refractivity contribution in [3.63, 3.8) is 0 Å². The second kappa shape index (κ2) is 21.6. The van der Waals surface area contributed by atoms with Crippen molar-refractivity contribution in [2.24, 2.45) is 0 Å². The molecule has 216 valence electrons. The van der Waals surface area contributed by atoms with Crippen molar-refractivity contribution in [3.05, 3.63) is 36.4 Å². The Labute approximate surface area is 227 Å². The van der Waals surface area contributed by atoms with E-state index in [0.717, 1.165) is 32.1 Å². The Morgan fingerprint density at radius 2 is 1.32 bits per heavy atom. The highest BCUT2D eigenvalue weighted by atomic mass is 16.5. The van der Waals surface area contributed by atoms with Gasteiger partial charge < -0.3 is 29.9 Å². The van der Waals surface area contributed by atoms with E-state index < -0.39 is 31.0 Å². The maximum absolute atomic E-state index is 12.1. The molecule has 0 amide bonds. The van der Waals surface area contributed by atoms with E-state index in [1.807, 2.05) is 0 Å². The van der Waals surface area contributed by atoms with Crippen LogP contribution >= 0.6 is 0 Å². The molecule has 0 saturated heterocycles. The van der Waals surface area contributed by atoms with Crippen LogP contribution in [0.5, 0.6) is 11.5 Å². The maximum Gasteiger partial charge on any atom is 0.311 e. The summed E-state index contributed by atoms with van der Waals surface area (Å²) in [7, 11) is 0. The summed E-state index contributed by atoms with van der Waals surface area (Å²) in [6.45, 7) is 1.47. The largest absolute Gasteiger partial charge is 0.480 e. The number of unbranched alkanes of at least 4 members (excludes halogenated alkanes) is 11. The van der Waals surface area contributed by atoms with Gasteiger partial charge in [0.15, 0.2) is 12.4 Å². The summed E-state index contributed by atoms with van der Waals surface area (Å²) in [6.07, 6.45) is 14.2. The number of rotatable bonds is 23. The Hall–Kier alpha value is -2.26. The van der Waals surface area contributed by atoms with Gasteiger partial charge in [-0.15, -0.1) is 0 Å². The SMILES string of the molecule is CCCCCCCC/C=C\CCCCCCCC(=O)Oc1ccc(O[C@@H](C=O)[C@@H](O)[C@H](O)[C@H](O)CO)cc1. The predicted octanol–water partition coefficient (Wildman–Crippen LogP) is 4.65. The average Bonchev–Trinajstić information content (AvgIpc) is 2.93. The zero-order valence-electron chi connectivity index (χ0n) is 22.9. The minimum absolute atomic E-state index is 0.198. The monoisotopic (exact) mass is 536 g/mol. The minimum Gasteiger partial charge on any atom is -0.480 e. The third-order valence-electron chi connectivity index (χ3n) is 6.37. The molecule has 0 spiro atoms. The van der Waals surface area contributed by atoms with Gasteiger partial charge in [-0.3, -0.25) is 9.59 Å². The van der Waals surface area contributed by atoms with Gasteiger partial charge in [0.2, 0.25) is 0 Å². The summed E-state index contributed by atoms with van der Waals surface area (Å²) >= 11 is 0. The van der Waals surface area contributed by atoms with E-state index in [0.29, 0.717) is 18.5 Å². The average molecular weight is 537 g/mol. The molecule has 8 heteroatoms. The van der Waals surface area contributed by atoms with Crippen LogP contribution in [0.15, 0.2) is 36.4 Å². The number of aldehydes is 1. The van der Waals surface area contributed by atoms with E-state index in [1.54, 1.807) is 0 Å². The Balaban J connectivity index is 2.16. The zero-order chi connectivity index (χ0) is 28.0. The number of aliphatic hydroxyl groups is 4. The first kappa shape index (κ1) is 33.8. The number of carbonyl (C=O) groups excluding carboxylic acids is 2. The topological polar surface area (TPSA) is 134 Å². The van der Waals surface area contributed by atoms with Gasteiger partial charge in [-0.05, 0) is 56.4 Å². The van der Waals surface area contributed by atoms with Crippen molar-refractivity contribution in [2.75, 3.05) is 6.61 Å². The van der Waals surface area contributed by atoms with Gasteiger partial charge in [0.25, 0.3) is 0 Å². The van der Waals surface area contributed by atoms with Crippen molar-refractivity contribution < 1.29 is 39.5 Å². The van der Waals surface area contributed by atoms with E-state index in [1.165, 1.54) is 75.6 Å². The van der Waals surface area contributed by atoms with Gasteiger partial charge in [-0.2, -0.15) is 0 Å². The highest BCUT2D eigenvalue weighted by molar-refractivity contribution is 5.72. The summed E-state index contributed by atoms with van der Waals surface area (Å²) in [5.74, 6) is 0.205. The molecule has 0 saturated carbocycles. The van der Waals surface area contributed by atoms with Gasteiger partial charge in [-0.1, -0.05) is 70.4 Å². The number of ether oxygens (including phenoxy) is 2. The van der Waals surface area contributed by atoms with Crippen molar-refractivity contribution in [3.8, 4) is 11.5 Å². The molecule has 0 fully saturated rings. The first-order chi connectivity index (χ1) is 18.4. The van der Waals surface area contributed by atoms with Crippen LogP contribution in [-0.2, 0) is 9.59 Å². The van der Waals surface area contributed by atoms with Gasteiger partial charge in [-0.25, -0.2) is 0 Å². The first-order valence-electron chi connectivity index (χ1n) is 14.2. The molecule has 0 unspecified atom stereocenters. The van der Waals surface area contributed by atoms with Gasteiger partial charge in [0.05, 0.1) is 6.61 Å². The molecule has 1 aromatic rings. The fraction of sp³-hybridized carbons (Fsp3) is 0.667. The summed E-state index contributed by atoms with van der Waals surface area (Å²) in [6, 6.07) is 5.92. The molecule has 0 bridgehead atoms. The molecule has 0 heterocycles. The minimum atomic E-state index is -1.76. The Morgan fingerprint density at radius 3 is 1.87 bits per heavy atom. The standard InChI is InChI=1S/C30H48O8/c1-2-3-4-5-6-7-8-9-10-11-12-13-14-15-16-17-28(34)38-25-20-18-24(19-21-25)37-27(23-32)30(36)29(35)26(33)22-31/h9-10,18-21,23,26-27,29-31,33,35-36H,2-8,11-17,22H2,1H3/b10-9-/t26-,27+,29-,30-/m1/s1. The molecule has 8 nitrogen and oxygen atoms in total. The van der Waals surface area contributed by atoms with Crippen LogP contribution in [0.1, 0.15) is 96.8 Å². The maximum atomic E-state index is 12.1. The predicted molar refractivity (Wildman–Crippen MR) is 147 cm³/mol. The van der Waals surface area contributed by atoms with Crippen molar-refractivity contribution >= 4 is 12.3 Å². The van der Waals surface area contributed by atoms with Crippen molar-refractivity contribution in [1.82, 2.24) is 0 Å². The van der Waals surface area contributed by atoms with E-state index in [2.05, 4.69) is 19.1 Å². The molecule has 0 aliphatic heterocycles. The fourth-order valence-electron chi connectivity index (χ4n) is 3.97. The number of carbonyl (C=O) groups is 2. The number of hydrogen-bond acceptors (Lipinski definition) is 8. The molecule has 4 atom stereocenters. The van der Waals surface area contributed by atoms with Crippen molar-refractivity contribution in [1.29, 1.82) is 0 Å². The third-order valence-corrected chi connectivity index (χ3v) is 6.37. The second-order valence-electron chi connectivity index (χ2n) is 9.73. The van der Waals surface area contributed by atoms with Crippen LogP contribution in [0.3, 0.4) is 0 Å². The van der Waals surface area contributed by atoms with Crippen LogP contribution in [0.4, 0.5) is 0 Å². The van der Waals surface area contributed by atoms with E-state index in [4.69, 9.17) is 14.6 Å². The number of hydrogen-bond donors (Lipinski definition) is 4. The van der Waals surface area contributed by atoms with Crippen LogP contribution in [-0.4, -0.2) is 63.7 Å². The molecule has 38 heavy (non-hydrogen) atoms. The quantitative estimate of drug-likeness (QED) is 0.0522. The molecule has 0 aliphatic rings. The normalized spacial score (nSPS) is 14.7. The van der Waals surface area contributed by atoms with Gasteiger partial charge in [0, 0.05) is 6.42 Å². The number of esters is 1.